The molecule has 0 bridgehead atoms. The van der Waals surface area contributed by atoms with Gasteiger partial charge in [0.2, 0.25) is 0 Å². The van der Waals surface area contributed by atoms with Crippen LogP contribution in [-0.4, -0.2) is 63.8 Å². The summed E-state index contributed by atoms with van der Waals surface area (Å²) >= 11 is 0. The number of fused-ring (bicyclic) bond motifs is 2. The van der Waals surface area contributed by atoms with Gasteiger partial charge in [0.25, 0.3) is 0 Å². The second-order valence-corrected chi connectivity index (χ2v) is 18.0. The largest absolute Gasteiger partial charge is 2.00 e. The Balaban J connectivity index is -0.000000376. The molecule has 6 rings (SSSR count). The first-order valence-electron chi connectivity index (χ1n) is 16.3. The number of aromatic carboxylic acids is 2. The summed E-state index contributed by atoms with van der Waals surface area (Å²) in [6.07, 6.45) is 0. The molecule has 0 heterocycles. The smallest absolute Gasteiger partial charge is 0.872 e. The van der Waals surface area contributed by atoms with Gasteiger partial charge in [0, 0.05) is 10.8 Å². The zero-order valence-electron chi connectivity index (χ0n) is 39.0. The van der Waals surface area contributed by atoms with E-state index in [1.807, 2.05) is 0 Å². The molecule has 0 unspecified atom stereocenters. The Bertz CT molecular complexity index is 3340. The number of nitrogens with two attached hydrogens (primary N) is 2. The quantitative estimate of drug-likeness (QED) is 0.0556. The summed E-state index contributed by atoms with van der Waals surface area (Å²) < 4.78 is 135. The van der Waals surface area contributed by atoms with Crippen LogP contribution in [0.4, 0.5) is 34.1 Å². The first-order chi connectivity index (χ1) is 29.4. The first kappa shape index (κ1) is 74.2. The third kappa shape index (κ3) is 18.0. The van der Waals surface area contributed by atoms with Gasteiger partial charge in [-0.15, -0.1) is 10.2 Å². The third-order valence-corrected chi connectivity index (χ3v) is 11.6. The molecule has 26 nitrogen and oxygen atoms in total. The number of anilines is 2. The molecule has 37 heteroatoms. The monoisotopic (exact) mass is 1150 g/mol. The average molecular weight is 1160 g/mol. The van der Waals surface area contributed by atoms with E-state index in [9.17, 15) is 92.1 Å². The van der Waals surface area contributed by atoms with E-state index in [1.165, 1.54) is 24.3 Å². The maximum atomic E-state index is 12.4. The van der Waals surface area contributed by atoms with Crippen molar-refractivity contribution in [3.05, 3.63) is 83.9 Å². The molecular formula is C34H18N6Na6NiO20S4. The summed E-state index contributed by atoms with van der Waals surface area (Å²) in [5, 5.41) is 84.8. The Morgan fingerprint density at radius 3 is 0.958 bits per heavy atom. The summed E-state index contributed by atoms with van der Waals surface area (Å²) in [6.45, 7) is 0. The SMILES string of the molecule is Nc1ccc2cc(S(=O)(=O)[O-])cc([O-])c2c1N=Nc1cc(S(=O)(=O)[O-])cc(C(=O)[O-])c1[O-].Nc1ccc2cc(S(=O)(=O)[O-])cc([O-])c2c1N=Nc1cc(S(=O)(=O)[O-])cc(C(=O)[O-])c1[O-].[H+].[H+].[Na+].[Na+].[Na+].[Na+].[Na+].[Na+].[Ni+2]. The number of rotatable bonds is 10. The molecule has 0 fully saturated rings. The van der Waals surface area contributed by atoms with E-state index >= 15 is 0 Å². The van der Waals surface area contributed by atoms with Gasteiger partial charge in [0.05, 0.1) is 54.3 Å². The molecule has 0 aliphatic rings. The van der Waals surface area contributed by atoms with E-state index in [0.717, 1.165) is 12.1 Å². The minimum absolute atomic E-state index is 0. The third-order valence-electron chi connectivity index (χ3n) is 8.31. The number of carbonyl (C=O) groups is 2. The molecule has 0 radical (unpaired) electrons. The van der Waals surface area contributed by atoms with E-state index in [4.69, 9.17) is 11.5 Å². The fourth-order valence-corrected chi connectivity index (χ4v) is 7.51. The van der Waals surface area contributed by atoms with Gasteiger partial charge in [-0.05, 0) is 70.4 Å². The van der Waals surface area contributed by atoms with E-state index in [0.29, 0.717) is 36.4 Å². The summed E-state index contributed by atoms with van der Waals surface area (Å²) in [5.74, 6) is -8.77. The van der Waals surface area contributed by atoms with Crippen molar-refractivity contribution in [2.75, 3.05) is 11.5 Å². The molecule has 0 aliphatic carbocycles. The predicted molar refractivity (Wildman–Crippen MR) is 198 cm³/mol. The van der Waals surface area contributed by atoms with Crippen molar-refractivity contribution in [1.29, 1.82) is 0 Å². The second-order valence-electron chi connectivity index (χ2n) is 12.5. The van der Waals surface area contributed by atoms with Gasteiger partial charge in [0.15, 0.2) is 0 Å². The molecule has 0 amide bonds. The van der Waals surface area contributed by atoms with Gasteiger partial charge in [-0.2, -0.15) is 10.2 Å². The number of azo groups is 2. The predicted octanol–water partition coefficient (Wildman–Crippen LogP) is -19.4. The van der Waals surface area contributed by atoms with Gasteiger partial charge in [0.1, 0.15) is 51.8 Å². The average Bonchev–Trinajstić information content (AvgIpc) is 3.16. The Hall–Kier alpha value is -1.09. The second kappa shape index (κ2) is 28.9. The molecule has 0 aromatic heterocycles. The van der Waals surface area contributed by atoms with Crippen molar-refractivity contribution in [2.24, 2.45) is 20.5 Å². The number of benzene rings is 6. The van der Waals surface area contributed by atoms with Crippen LogP contribution in [0.2, 0.25) is 0 Å². The zero-order valence-corrected chi connectivity index (χ0v) is 53.2. The van der Waals surface area contributed by atoms with Gasteiger partial charge in [-0.3, -0.25) is 0 Å². The molecule has 71 heavy (non-hydrogen) atoms. The molecule has 344 valence electrons. The Labute approximate surface area is 546 Å². The Morgan fingerprint density at radius 1 is 0.437 bits per heavy atom. The number of carboxylic acid groups (broad SMARTS) is 2. The molecular weight excluding hydrogens is 1140 g/mol. The minimum Gasteiger partial charge on any atom is -0.872 e. The van der Waals surface area contributed by atoms with Crippen molar-refractivity contribution in [2.45, 2.75) is 19.6 Å². The van der Waals surface area contributed by atoms with E-state index in [1.54, 1.807) is 0 Å². The number of nitrogens with zero attached hydrogens (tertiary/aromatic N) is 4. The number of carboxylic acids is 2. The minimum atomic E-state index is -5.19. The van der Waals surface area contributed by atoms with Crippen molar-refractivity contribution < 1.29 is 289 Å². The van der Waals surface area contributed by atoms with E-state index in [2.05, 4.69) is 20.5 Å². The Morgan fingerprint density at radius 2 is 0.704 bits per heavy atom. The Kier molecular flexibility index (Phi) is 30.2. The standard InChI is InChI=1S/2C17H13N3O10S2.6Na.Ni/c2*18-11-2-1-7-3-8(31(25,26)27)6-13(21)14(7)15(11)20-19-12-5-9(32(28,29)30)4-10(16(12)22)17(23)24;;;;;;;/h2*1-6,21-22H,18H2,(H,23,24)(H,25,26,27)(H,28,29,30);;;;;;;/q;;6*+1;+2/p-8. The number of hydrogen-bond donors (Lipinski definition) is 2. The van der Waals surface area contributed by atoms with Crippen molar-refractivity contribution in [1.82, 2.24) is 0 Å². The van der Waals surface area contributed by atoms with Crippen LogP contribution in [0.5, 0.6) is 23.0 Å². The fourth-order valence-electron chi connectivity index (χ4n) is 5.42. The van der Waals surface area contributed by atoms with E-state index < -0.39 is 117 Å². The van der Waals surface area contributed by atoms with E-state index in [-0.39, 0.29) is 241 Å². The maximum Gasteiger partial charge on any atom is 2.00 e. The van der Waals surface area contributed by atoms with Crippen LogP contribution in [0.15, 0.2) is 113 Å². The molecule has 0 aliphatic heterocycles. The summed E-state index contributed by atoms with van der Waals surface area (Å²) in [7, 11) is -20.3. The number of hydrogen-bond acceptors (Lipinski definition) is 26. The fraction of sp³-hybridized carbons (Fsp3) is 0. The normalized spacial score (nSPS) is 11.2. The van der Waals surface area contributed by atoms with Gasteiger partial charge in [-0.25, -0.2) is 33.7 Å². The molecule has 6 aromatic rings. The molecule has 4 N–H and O–H groups in total. The topological polar surface area (TPSA) is 503 Å². The first-order valence-corrected chi connectivity index (χ1v) is 21.9. The summed E-state index contributed by atoms with van der Waals surface area (Å²) in [4.78, 5) is 18.4. The van der Waals surface area contributed by atoms with Crippen molar-refractivity contribution in [3.63, 3.8) is 0 Å². The number of nitrogen functional groups attached to an aromatic ring is 2. The van der Waals surface area contributed by atoms with Gasteiger partial charge < -0.3 is 69.9 Å². The van der Waals surface area contributed by atoms with Gasteiger partial charge >= 0.3 is 197 Å². The molecule has 0 saturated heterocycles. The van der Waals surface area contributed by atoms with Crippen LogP contribution in [0.25, 0.3) is 21.5 Å². The molecule has 0 saturated carbocycles. The summed E-state index contributed by atoms with van der Waals surface area (Å²) in [6, 6.07) is 9.20. The maximum absolute atomic E-state index is 12.4. The van der Waals surface area contributed by atoms with Crippen LogP contribution in [0, 0.1) is 0 Å². The van der Waals surface area contributed by atoms with Crippen molar-refractivity contribution in [3.8, 4) is 23.0 Å². The van der Waals surface area contributed by atoms with Crippen LogP contribution in [-0.2, 0) is 57.0 Å². The molecule has 0 spiro atoms. The zero-order chi connectivity index (χ0) is 48.0. The van der Waals surface area contributed by atoms with Crippen LogP contribution in [0.3, 0.4) is 0 Å². The molecule has 6 aromatic carbocycles. The summed E-state index contributed by atoms with van der Waals surface area (Å²) in [5.41, 5.74) is 6.27. The van der Waals surface area contributed by atoms with Crippen LogP contribution >= 0.6 is 0 Å². The molecule has 0 atom stereocenters. The number of carbonyl (C=O) groups excluding carboxylic acids is 2. The van der Waals surface area contributed by atoms with Crippen LogP contribution < -0.4 is 219 Å². The van der Waals surface area contributed by atoms with Crippen molar-refractivity contribution >= 4 is 108 Å². The van der Waals surface area contributed by atoms with Gasteiger partial charge in [-0.1, -0.05) is 47.3 Å². The van der Waals surface area contributed by atoms with Crippen LogP contribution in [0.1, 0.15) is 23.6 Å².